The summed E-state index contributed by atoms with van der Waals surface area (Å²) in [5, 5.41) is 0. The Morgan fingerprint density at radius 3 is 2.18 bits per heavy atom. The van der Waals surface area contributed by atoms with Crippen LogP contribution >= 0.6 is 0 Å². The highest BCUT2D eigenvalue weighted by Crippen LogP contribution is 2.68. The molecule has 6 aliphatic rings. The molecule has 4 aliphatic carbocycles. The molecule has 5 heteroatoms. The number of carbonyl (C=O) groups excluding carboxylic acids is 2. The van der Waals surface area contributed by atoms with Gasteiger partial charge in [-0.15, -0.1) is 0 Å². The number of carbonyl (C=O) groups is 2. The van der Waals surface area contributed by atoms with Gasteiger partial charge in [0.25, 0.3) is 0 Å². The van der Waals surface area contributed by atoms with Gasteiger partial charge in [-0.25, -0.2) is 0 Å². The minimum absolute atomic E-state index is 0.0253. The number of hydrogen-bond acceptors (Lipinski definition) is 4. The minimum Gasteiger partial charge on any atom is -0.463 e. The first-order chi connectivity index (χ1) is 18.1. The van der Waals surface area contributed by atoms with Crippen LogP contribution in [0.5, 0.6) is 0 Å². The number of nitrogens with zero attached hydrogens (tertiary/aromatic N) is 1. The van der Waals surface area contributed by atoms with Gasteiger partial charge < -0.3 is 14.0 Å². The van der Waals surface area contributed by atoms with Gasteiger partial charge in [-0.2, -0.15) is 0 Å². The van der Waals surface area contributed by atoms with Crippen molar-refractivity contribution in [1.82, 2.24) is 0 Å². The van der Waals surface area contributed by atoms with Crippen LogP contribution in [0.4, 0.5) is 0 Å². The molecule has 38 heavy (non-hydrogen) atoms. The number of piperidine rings is 1. The van der Waals surface area contributed by atoms with Crippen LogP contribution in [0.25, 0.3) is 0 Å². The summed E-state index contributed by atoms with van der Waals surface area (Å²) < 4.78 is 13.3. The quantitative estimate of drug-likeness (QED) is 0.230. The molecule has 0 aromatic carbocycles. The summed E-state index contributed by atoms with van der Waals surface area (Å²) in [7, 11) is 0. The predicted molar refractivity (Wildman–Crippen MR) is 148 cm³/mol. The second-order valence-electron chi connectivity index (χ2n) is 14.8. The Hall–Kier alpha value is -1.36. The number of rotatable bonds is 5. The molecule has 2 saturated heterocycles. The van der Waals surface area contributed by atoms with Crippen molar-refractivity contribution in [1.29, 1.82) is 0 Å². The molecule has 2 heterocycles. The average Bonchev–Trinajstić information content (AvgIpc) is 3.21. The van der Waals surface area contributed by atoms with Gasteiger partial charge in [0.15, 0.2) is 6.10 Å². The monoisotopic (exact) mass is 526 g/mol. The van der Waals surface area contributed by atoms with Crippen molar-refractivity contribution in [2.75, 3.05) is 6.54 Å². The highest BCUT2D eigenvalue weighted by Gasteiger charge is 2.69. The molecule has 0 amide bonds. The number of hydrogen-bond donors (Lipinski definition) is 0. The smallest absolute Gasteiger partial charge is 0.303 e. The van der Waals surface area contributed by atoms with E-state index in [9.17, 15) is 9.59 Å². The SMILES string of the molecule is C=CC[N+]1([C@H]2C[C@H]3[C@@H]4CC[C@H]5C[C@@H](OC(C)=O)CC[C@]5(C)[C@H]4CC[C@]3(C)[C@H]2OC(C)=O)C2CCCC1CC2. The summed E-state index contributed by atoms with van der Waals surface area (Å²) in [5.41, 5.74) is 0.409. The van der Waals surface area contributed by atoms with E-state index in [-0.39, 0.29) is 29.6 Å². The van der Waals surface area contributed by atoms with Crippen molar-refractivity contribution in [3.8, 4) is 0 Å². The molecule has 2 aliphatic heterocycles. The van der Waals surface area contributed by atoms with Crippen molar-refractivity contribution < 1.29 is 23.5 Å². The third kappa shape index (κ3) is 3.87. The van der Waals surface area contributed by atoms with E-state index in [0.717, 1.165) is 35.7 Å². The lowest BCUT2D eigenvalue weighted by molar-refractivity contribution is -0.984. The molecule has 212 valence electrons. The maximum Gasteiger partial charge on any atom is 0.303 e. The maximum absolute atomic E-state index is 12.6. The molecule has 11 atom stereocenters. The molecule has 6 fully saturated rings. The van der Waals surface area contributed by atoms with Gasteiger partial charge in [0.1, 0.15) is 12.1 Å². The molecular weight excluding hydrogens is 474 g/mol. The van der Waals surface area contributed by atoms with Crippen LogP contribution in [-0.4, -0.2) is 53.3 Å². The summed E-state index contributed by atoms with van der Waals surface area (Å²) in [6.07, 6.45) is 18.4. The molecule has 6 rings (SSSR count). The summed E-state index contributed by atoms with van der Waals surface area (Å²) in [5.74, 6) is 2.52. The van der Waals surface area contributed by atoms with Crippen LogP contribution in [0.15, 0.2) is 12.7 Å². The minimum atomic E-state index is -0.127. The van der Waals surface area contributed by atoms with E-state index >= 15 is 0 Å². The van der Waals surface area contributed by atoms with E-state index in [1.807, 2.05) is 0 Å². The third-order valence-electron chi connectivity index (χ3n) is 13.5. The van der Waals surface area contributed by atoms with E-state index in [0.29, 0.717) is 35.4 Å². The van der Waals surface area contributed by atoms with Crippen molar-refractivity contribution in [3.05, 3.63) is 12.7 Å². The van der Waals surface area contributed by atoms with Gasteiger partial charge in [0.2, 0.25) is 0 Å². The molecule has 2 bridgehead atoms. The zero-order chi connectivity index (χ0) is 26.9. The van der Waals surface area contributed by atoms with Crippen LogP contribution in [0.2, 0.25) is 0 Å². The van der Waals surface area contributed by atoms with Gasteiger partial charge in [-0.3, -0.25) is 9.59 Å². The van der Waals surface area contributed by atoms with Crippen LogP contribution in [-0.2, 0) is 19.1 Å². The van der Waals surface area contributed by atoms with Crippen LogP contribution in [0, 0.1) is 34.5 Å². The van der Waals surface area contributed by atoms with Crippen LogP contribution in [0.3, 0.4) is 0 Å². The fourth-order valence-electron chi connectivity index (χ4n) is 12.1. The first-order valence-corrected chi connectivity index (χ1v) is 16.0. The predicted octanol–water partition coefficient (Wildman–Crippen LogP) is 6.59. The van der Waals surface area contributed by atoms with Gasteiger partial charge in [0.05, 0.1) is 18.6 Å². The van der Waals surface area contributed by atoms with E-state index in [4.69, 9.17) is 9.47 Å². The Morgan fingerprint density at radius 2 is 1.53 bits per heavy atom. The van der Waals surface area contributed by atoms with Crippen molar-refractivity contribution in [2.24, 2.45) is 34.5 Å². The first-order valence-electron chi connectivity index (χ1n) is 16.0. The lowest BCUT2D eigenvalue weighted by atomic mass is 9.45. The molecule has 0 spiro atoms. The van der Waals surface area contributed by atoms with Crippen LogP contribution < -0.4 is 0 Å². The Balaban J connectivity index is 1.32. The van der Waals surface area contributed by atoms with Gasteiger partial charge in [-0.1, -0.05) is 20.4 Å². The Bertz CT molecular complexity index is 947. The van der Waals surface area contributed by atoms with Crippen LogP contribution in [0.1, 0.15) is 111 Å². The highest BCUT2D eigenvalue weighted by molar-refractivity contribution is 5.66. The van der Waals surface area contributed by atoms with E-state index in [1.54, 1.807) is 13.8 Å². The van der Waals surface area contributed by atoms with Gasteiger partial charge >= 0.3 is 11.9 Å². The zero-order valence-electron chi connectivity index (χ0n) is 24.5. The van der Waals surface area contributed by atoms with Crippen molar-refractivity contribution >= 4 is 11.9 Å². The van der Waals surface area contributed by atoms with Crippen molar-refractivity contribution in [3.63, 3.8) is 0 Å². The second kappa shape index (κ2) is 9.63. The second-order valence-corrected chi connectivity index (χ2v) is 14.8. The molecule has 5 nitrogen and oxygen atoms in total. The lowest BCUT2D eigenvalue weighted by Gasteiger charge is -2.60. The number of esters is 2. The molecule has 2 unspecified atom stereocenters. The summed E-state index contributed by atoms with van der Waals surface area (Å²) in [4.78, 5) is 24.3. The molecular formula is C33H52NO4+. The Kier molecular flexibility index (Phi) is 6.80. The Labute approximate surface area is 230 Å². The molecule has 4 saturated carbocycles. The number of fused-ring (bicyclic) bond motifs is 7. The molecule has 0 N–H and O–H groups in total. The van der Waals surface area contributed by atoms with E-state index < -0.39 is 0 Å². The largest absolute Gasteiger partial charge is 0.463 e. The zero-order valence-corrected chi connectivity index (χ0v) is 24.5. The van der Waals surface area contributed by atoms with E-state index in [1.165, 1.54) is 70.6 Å². The van der Waals surface area contributed by atoms with Crippen molar-refractivity contribution in [2.45, 2.75) is 141 Å². The molecule has 0 aromatic heterocycles. The fraction of sp³-hybridized carbons (Fsp3) is 0.879. The summed E-state index contributed by atoms with van der Waals surface area (Å²) >= 11 is 0. The highest BCUT2D eigenvalue weighted by atomic mass is 16.5. The first kappa shape index (κ1) is 26.8. The third-order valence-corrected chi connectivity index (χ3v) is 13.5. The standard InChI is InChI=1S/C33H52NO4/c1-6-18-34(24-8-7-9-25(34)12-11-24)30-20-29-27-13-10-23-19-26(37-21(2)35)14-16-32(23,4)28(27)15-17-33(29,5)31(30)38-22(3)36/h6,23-31H,1,7-20H2,2-5H3/q+1/t23-,24?,25?,26-,27+,28-,29-,30-,31-,32-,33-,34?/m0/s1. The van der Waals surface area contributed by atoms with Gasteiger partial charge in [-0.05, 0) is 99.4 Å². The Morgan fingerprint density at radius 1 is 0.842 bits per heavy atom. The topological polar surface area (TPSA) is 52.6 Å². The molecule has 0 radical (unpaired) electrons. The number of ether oxygens (including phenoxy) is 2. The van der Waals surface area contributed by atoms with E-state index in [2.05, 4.69) is 26.5 Å². The average molecular weight is 527 g/mol. The normalized spacial score (nSPS) is 51.3. The summed E-state index contributed by atoms with van der Waals surface area (Å²) in [6.45, 7) is 13.6. The lowest BCUT2D eigenvalue weighted by Crippen LogP contribution is -2.67. The fourth-order valence-corrected chi connectivity index (χ4v) is 12.1. The summed E-state index contributed by atoms with van der Waals surface area (Å²) in [6, 6.07) is 1.83. The van der Waals surface area contributed by atoms with Gasteiger partial charge in [0, 0.05) is 38.5 Å². The maximum atomic E-state index is 12.6. The number of quaternary nitrogens is 1. The molecule has 0 aromatic rings.